The molecular formula is C17H12N2O7S. The first kappa shape index (κ1) is 18.3. The molecule has 0 aliphatic carbocycles. The van der Waals surface area contributed by atoms with Crippen molar-refractivity contribution in [3.05, 3.63) is 70.3 Å². The van der Waals surface area contributed by atoms with E-state index >= 15 is 0 Å². The second kappa shape index (κ2) is 6.67. The van der Waals surface area contributed by atoms with Gasteiger partial charge in [-0.1, -0.05) is 18.2 Å². The summed E-state index contributed by atoms with van der Waals surface area (Å²) in [5, 5.41) is 24.2. The van der Waals surface area contributed by atoms with E-state index in [0.29, 0.717) is 5.39 Å². The Bertz CT molecular complexity index is 1190. The highest BCUT2D eigenvalue weighted by Gasteiger charge is 2.16. The van der Waals surface area contributed by atoms with Gasteiger partial charge in [0.2, 0.25) is 0 Å². The van der Waals surface area contributed by atoms with Gasteiger partial charge in [0.15, 0.2) is 0 Å². The molecule has 0 aromatic heterocycles. The first-order chi connectivity index (χ1) is 12.7. The second-order valence-electron chi connectivity index (χ2n) is 5.58. The van der Waals surface area contributed by atoms with Crippen LogP contribution in [0.1, 0.15) is 10.4 Å². The normalized spacial score (nSPS) is 11.3. The number of anilines is 1. The average molecular weight is 388 g/mol. The summed E-state index contributed by atoms with van der Waals surface area (Å²) < 4.78 is 31.7. The lowest BCUT2D eigenvalue weighted by molar-refractivity contribution is -0.384. The molecule has 0 fully saturated rings. The molecule has 0 aliphatic heterocycles. The van der Waals surface area contributed by atoms with Crippen LogP contribution in [0.3, 0.4) is 0 Å². The van der Waals surface area contributed by atoms with Crippen LogP contribution in [-0.4, -0.2) is 28.9 Å². The smallest absolute Gasteiger partial charge is 0.294 e. The van der Waals surface area contributed by atoms with Gasteiger partial charge in [0.1, 0.15) is 5.75 Å². The summed E-state index contributed by atoms with van der Waals surface area (Å²) in [4.78, 5) is 22.1. The van der Waals surface area contributed by atoms with E-state index in [1.165, 1.54) is 42.5 Å². The summed E-state index contributed by atoms with van der Waals surface area (Å²) in [7, 11) is -4.47. The molecule has 3 N–H and O–H groups in total. The van der Waals surface area contributed by atoms with Gasteiger partial charge in [-0.2, -0.15) is 8.42 Å². The van der Waals surface area contributed by atoms with Gasteiger partial charge in [-0.25, -0.2) is 0 Å². The van der Waals surface area contributed by atoms with Crippen molar-refractivity contribution >= 4 is 38.2 Å². The number of nitro benzene ring substituents is 1. The van der Waals surface area contributed by atoms with Gasteiger partial charge in [-0.15, -0.1) is 0 Å². The van der Waals surface area contributed by atoms with Crippen LogP contribution in [-0.2, 0) is 10.1 Å². The SMILES string of the molecule is O=C(Nc1ccc2ccc(S(=O)(=O)O)cc2c1O)c1cccc([N+](=O)[O-])c1. The van der Waals surface area contributed by atoms with Crippen LogP contribution in [0.15, 0.2) is 59.5 Å². The molecule has 3 aromatic rings. The maximum atomic E-state index is 12.3. The highest BCUT2D eigenvalue weighted by atomic mass is 32.2. The maximum Gasteiger partial charge on any atom is 0.294 e. The van der Waals surface area contributed by atoms with Gasteiger partial charge in [-0.3, -0.25) is 19.5 Å². The van der Waals surface area contributed by atoms with Crippen molar-refractivity contribution in [2.75, 3.05) is 5.32 Å². The molecule has 1 amide bonds. The number of aromatic hydroxyl groups is 1. The molecule has 0 saturated carbocycles. The third kappa shape index (κ3) is 3.71. The van der Waals surface area contributed by atoms with Crippen molar-refractivity contribution in [2.24, 2.45) is 0 Å². The zero-order chi connectivity index (χ0) is 19.8. The number of benzene rings is 3. The third-order valence-electron chi connectivity index (χ3n) is 3.83. The molecular weight excluding hydrogens is 376 g/mol. The Kier molecular flexibility index (Phi) is 4.52. The molecule has 0 radical (unpaired) electrons. The number of carbonyl (C=O) groups excluding carboxylic acids is 1. The Labute approximate surface area is 152 Å². The van der Waals surface area contributed by atoms with Crippen molar-refractivity contribution in [1.82, 2.24) is 0 Å². The lowest BCUT2D eigenvalue weighted by Gasteiger charge is -2.10. The van der Waals surface area contributed by atoms with Crippen molar-refractivity contribution in [3.8, 4) is 5.75 Å². The number of carbonyl (C=O) groups is 1. The summed E-state index contributed by atoms with van der Waals surface area (Å²) in [6.45, 7) is 0. The number of nitrogens with zero attached hydrogens (tertiary/aromatic N) is 1. The lowest BCUT2D eigenvalue weighted by Crippen LogP contribution is -2.12. The van der Waals surface area contributed by atoms with Crippen molar-refractivity contribution in [2.45, 2.75) is 4.90 Å². The first-order valence-corrected chi connectivity index (χ1v) is 8.90. The number of rotatable bonds is 4. The van der Waals surface area contributed by atoms with Gasteiger partial charge in [-0.05, 0) is 29.7 Å². The molecule has 0 spiro atoms. The Morgan fingerprint density at radius 3 is 2.44 bits per heavy atom. The predicted molar refractivity (Wildman–Crippen MR) is 96.5 cm³/mol. The molecule has 0 aliphatic rings. The van der Waals surface area contributed by atoms with Crippen LogP contribution in [0.4, 0.5) is 11.4 Å². The average Bonchev–Trinajstić information content (AvgIpc) is 2.63. The Hall–Kier alpha value is -3.50. The Morgan fingerprint density at radius 1 is 1.07 bits per heavy atom. The number of amides is 1. The first-order valence-electron chi connectivity index (χ1n) is 7.46. The molecule has 138 valence electrons. The van der Waals surface area contributed by atoms with Gasteiger partial charge < -0.3 is 10.4 Å². The molecule has 10 heteroatoms. The highest BCUT2D eigenvalue weighted by molar-refractivity contribution is 7.85. The number of hydrogen-bond acceptors (Lipinski definition) is 6. The Morgan fingerprint density at radius 2 is 1.78 bits per heavy atom. The van der Waals surface area contributed by atoms with Crippen LogP contribution in [0.25, 0.3) is 10.8 Å². The molecule has 0 saturated heterocycles. The van der Waals surface area contributed by atoms with Crippen LogP contribution >= 0.6 is 0 Å². The zero-order valence-corrected chi connectivity index (χ0v) is 14.3. The number of phenols is 1. The number of nitro groups is 1. The number of fused-ring (bicyclic) bond motifs is 1. The minimum Gasteiger partial charge on any atom is -0.505 e. The highest BCUT2D eigenvalue weighted by Crippen LogP contribution is 2.34. The topological polar surface area (TPSA) is 147 Å². The monoisotopic (exact) mass is 388 g/mol. The third-order valence-corrected chi connectivity index (χ3v) is 4.68. The molecule has 0 unspecified atom stereocenters. The van der Waals surface area contributed by atoms with Gasteiger partial charge >= 0.3 is 0 Å². The fourth-order valence-electron chi connectivity index (χ4n) is 2.50. The summed E-state index contributed by atoms with van der Waals surface area (Å²) >= 11 is 0. The van der Waals surface area contributed by atoms with E-state index in [1.54, 1.807) is 0 Å². The van der Waals surface area contributed by atoms with Crippen LogP contribution in [0.2, 0.25) is 0 Å². The second-order valence-corrected chi connectivity index (χ2v) is 7.00. The quantitative estimate of drug-likeness (QED) is 0.269. The van der Waals surface area contributed by atoms with Crippen molar-refractivity contribution in [1.29, 1.82) is 0 Å². The Balaban J connectivity index is 1.99. The summed E-state index contributed by atoms with van der Waals surface area (Å²) in [6.07, 6.45) is 0. The van der Waals surface area contributed by atoms with E-state index in [2.05, 4.69) is 5.32 Å². The molecule has 0 heterocycles. The van der Waals surface area contributed by atoms with E-state index in [0.717, 1.165) is 12.1 Å². The van der Waals surface area contributed by atoms with Gasteiger partial charge in [0.25, 0.3) is 21.7 Å². The van der Waals surface area contributed by atoms with E-state index in [1.807, 2.05) is 0 Å². The molecule has 27 heavy (non-hydrogen) atoms. The maximum absolute atomic E-state index is 12.3. The number of phenolic OH excluding ortho intramolecular Hbond substituents is 1. The summed E-state index contributed by atoms with van der Waals surface area (Å²) in [5.41, 5.74) is -0.273. The minimum atomic E-state index is -4.47. The zero-order valence-electron chi connectivity index (χ0n) is 13.5. The van der Waals surface area contributed by atoms with Crippen molar-refractivity contribution in [3.63, 3.8) is 0 Å². The van der Waals surface area contributed by atoms with E-state index in [-0.39, 0.29) is 22.3 Å². The van der Waals surface area contributed by atoms with E-state index in [4.69, 9.17) is 4.55 Å². The number of hydrogen-bond donors (Lipinski definition) is 3. The molecule has 3 aromatic carbocycles. The van der Waals surface area contributed by atoms with Crippen LogP contribution in [0, 0.1) is 10.1 Å². The van der Waals surface area contributed by atoms with E-state index < -0.39 is 31.6 Å². The fraction of sp³-hybridized carbons (Fsp3) is 0. The van der Waals surface area contributed by atoms with E-state index in [9.17, 15) is 28.4 Å². The fourth-order valence-corrected chi connectivity index (χ4v) is 3.01. The standard InChI is InChI=1S/C17H12N2O7S/c20-16-14-9-13(27(24,25)26)6-4-10(14)5-7-15(16)18-17(21)11-2-1-3-12(8-11)19(22)23/h1-9,20H,(H,18,21)(H,24,25,26). The largest absolute Gasteiger partial charge is 0.505 e. The predicted octanol–water partition coefficient (Wildman–Crippen LogP) is 2.95. The molecule has 0 atom stereocenters. The number of non-ortho nitro benzene ring substituents is 1. The van der Waals surface area contributed by atoms with Crippen molar-refractivity contribution < 1.29 is 27.8 Å². The summed E-state index contributed by atoms with van der Waals surface area (Å²) in [5.74, 6) is -1.10. The molecule has 0 bridgehead atoms. The van der Waals surface area contributed by atoms with Gasteiger partial charge in [0.05, 0.1) is 15.5 Å². The van der Waals surface area contributed by atoms with Crippen LogP contribution in [0.5, 0.6) is 5.75 Å². The summed E-state index contributed by atoms with van der Waals surface area (Å²) in [6, 6.07) is 11.6. The molecule has 3 rings (SSSR count). The van der Waals surface area contributed by atoms with Crippen LogP contribution < -0.4 is 5.32 Å². The lowest BCUT2D eigenvalue weighted by atomic mass is 10.1. The molecule has 9 nitrogen and oxygen atoms in total. The minimum absolute atomic E-state index is 0.00961. The van der Waals surface area contributed by atoms with Gasteiger partial charge in [0, 0.05) is 23.1 Å². The number of nitrogens with one attached hydrogen (secondary N) is 1.